The molecule has 2 atom stereocenters. The van der Waals surface area contributed by atoms with Crippen molar-refractivity contribution < 1.29 is 13.9 Å². The summed E-state index contributed by atoms with van der Waals surface area (Å²) in [5.41, 5.74) is 0.322. The van der Waals surface area contributed by atoms with E-state index >= 15 is 0 Å². The molecule has 0 bridgehead atoms. The minimum Gasteiger partial charge on any atom is -0.395 e. The smallest absolute Gasteiger partial charge is 0.146 e. The summed E-state index contributed by atoms with van der Waals surface area (Å²) in [6.45, 7) is 4.05. The predicted molar refractivity (Wildman–Crippen MR) is 71.2 cm³/mol. The average molecular weight is 270 g/mol. The van der Waals surface area contributed by atoms with Gasteiger partial charge in [-0.25, -0.2) is 8.78 Å². The molecule has 3 nitrogen and oxygen atoms in total. The Morgan fingerprint density at radius 1 is 1.37 bits per heavy atom. The molecule has 1 aliphatic heterocycles. The number of aliphatic hydroxyl groups is 1. The Morgan fingerprint density at radius 3 is 2.89 bits per heavy atom. The number of anilines is 1. The van der Waals surface area contributed by atoms with Gasteiger partial charge in [0.25, 0.3) is 0 Å². The quantitative estimate of drug-likeness (QED) is 0.875. The lowest BCUT2D eigenvalue weighted by atomic mass is 9.95. The van der Waals surface area contributed by atoms with Crippen LogP contribution in [0.5, 0.6) is 0 Å². The molecule has 2 rings (SSSR count). The highest BCUT2D eigenvalue weighted by Gasteiger charge is 2.26. The van der Waals surface area contributed by atoms with Crippen LogP contribution in [0, 0.1) is 17.6 Å². The molecule has 2 unspecified atom stereocenters. The molecule has 1 aliphatic rings. The summed E-state index contributed by atoms with van der Waals surface area (Å²) >= 11 is 0. The number of rotatable bonds is 4. The monoisotopic (exact) mass is 270 g/mol. The van der Waals surface area contributed by atoms with E-state index in [1.807, 2.05) is 4.90 Å². The zero-order valence-electron chi connectivity index (χ0n) is 11.1. The Bertz CT molecular complexity index is 428. The first-order chi connectivity index (χ1) is 9.10. The van der Waals surface area contributed by atoms with Gasteiger partial charge in [0, 0.05) is 31.7 Å². The van der Waals surface area contributed by atoms with Gasteiger partial charge in [-0.2, -0.15) is 0 Å². The van der Waals surface area contributed by atoms with E-state index in [9.17, 15) is 8.78 Å². The zero-order valence-corrected chi connectivity index (χ0v) is 11.1. The van der Waals surface area contributed by atoms with Crippen LogP contribution in [0.15, 0.2) is 18.2 Å². The SMILES string of the molecule is CC1CC(NCCO)CN(c2cc(F)ccc2F)C1. The van der Waals surface area contributed by atoms with Gasteiger partial charge in [0.05, 0.1) is 12.3 Å². The van der Waals surface area contributed by atoms with Crippen molar-refractivity contribution in [2.45, 2.75) is 19.4 Å². The van der Waals surface area contributed by atoms with Crippen molar-refractivity contribution in [3.05, 3.63) is 29.8 Å². The van der Waals surface area contributed by atoms with Crippen LogP contribution in [0.4, 0.5) is 14.5 Å². The second-order valence-corrected chi connectivity index (χ2v) is 5.22. The van der Waals surface area contributed by atoms with Gasteiger partial charge < -0.3 is 15.3 Å². The van der Waals surface area contributed by atoms with Gasteiger partial charge in [-0.1, -0.05) is 6.92 Å². The summed E-state index contributed by atoms with van der Waals surface area (Å²) in [6.07, 6.45) is 0.980. The van der Waals surface area contributed by atoms with Crippen molar-refractivity contribution in [1.29, 1.82) is 0 Å². The number of benzene rings is 1. The summed E-state index contributed by atoms with van der Waals surface area (Å²) < 4.78 is 27.0. The first-order valence-electron chi connectivity index (χ1n) is 6.64. The fraction of sp³-hybridized carbons (Fsp3) is 0.571. The molecule has 1 fully saturated rings. The van der Waals surface area contributed by atoms with Crippen molar-refractivity contribution in [1.82, 2.24) is 5.32 Å². The van der Waals surface area contributed by atoms with Crippen LogP contribution in [0.1, 0.15) is 13.3 Å². The van der Waals surface area contributed by atoms with Crippen LogP contribution in [0.2, 0.25) is 0 Å². The molecule has 0 saturated carbocycles. The normalized spacial score (nSPS) is 23.7. The van der Waals surface area contributed by atoms with Crippen molar-refractivity contribution in [3.8, 4) is 0 Å². The molecule has 0 aromatic heterocycles. The van der Waals surface area contributed by atoms with E-state index in [4.69, 9.17) is 5.11 Å². The Hall–Kier alpha value is -1.20. The molecule has 1 saturated heterocycles. The Balaban J connectivity index is 2.12. The van der Waals surface area contributed by atoms with E-state index in [0.717, 1.165) is 19.0 Å². The molecule has 1 aromatic carbocycles. The predicted octanol–water partition coefficient (Wildman–Crippen LogP) is 1.76. The van der Waals surface area contributed by atoms with Gasteiger partial charge in [0.1, 0.15) is 11.6 Å². The largest absolute Gasteiger partial charge is 0.395 e. The Labute approximate surface area is 112 Å². The van der Waals surface area contributed by atoms with Gasteiger partial charge in [-0.15, -0.1) is 0 Å². The fourth-order valence-electron chi connectivity index (χ4n) is 2.69. The maximum absolute atomic E-state index is 13.8. The third-order valence-electron chi connectivity index (χ3n) is 3.45. The third kappa shape index (κ3) is 3.64. The topological polar surface area (TPSA) is 35.5 Å². The molecule has 2 N–H and O–H groups in total. The van der Waals surface area contributed by atoms with E-state index in [2.05, 4.69) is 12.2 Å². The second kappa shape index (κ2) is 6.30. The lowest BCUT2D eigenvalue weighted by Crippen LogP contribution is -2.49. The molecule has 1 heterocycles. The Morgan fingerprint density at radius 2 is 2.16 bits per heavy atom. The van der Waals surface area contributed by atoms with Crippen LogP contribution in [0.3, 0.4) is 0 Å². The molecule has 0 aliphatic carbocycles. The minimum atomic E-state index is -0.422. The lowest BCUT2D eigenvalue weighted by Gasteiger charge is -2.38. The van der Waals surface area contributed by atoms with E-state index in [-0.39, 0.29) is 12.6 Å². The van der Waals surface area contributed by atoms with E-state index in [1.54, 1.807) is 0 Å². The van der Waals surface area contributed by atoms with Crippen molar-refractivity contribution in [3.63, 3.8) is 0 Å². The van der Waals surface area contributed by atoms with E-state index < -0.39 is 11.6 Å². The summed E-state index contributed by atoms with van der Waals surface area (Å²) in [7, 11) is 0. The van der Waals surface area contributed by atoms with Crippen molar-refractivity contribution in [2.24, 2.45) is 5.92 Å². The Kier molecular flexibility index (Phi) is 4.71. The fourth-order valence-corrected chi connectivity index (χ4v) is 2.69. The zero-order chi connectivity index (χ0) is 13.8. The molecule has 5 heteroatoms. The van der Waals surface area contributed by atoms with Gasteiger partial charge in [-0.05, 0) is 24.5 Å². The molecule has 0 radical (unpaired) electrons. The lowest BCUT2D eigenvalue weighted by molar-refractivity contribution is 0.269. The van der Waals surface area contributed by atoms with Crippen LogP contribution in [-0.2, 0) is 0 Å². The molecular weight excluding hydrogens is 250 g/mol. The molecule has 0 amide bonds. The van der Waals surface area contributed by atoms with Gasteiger partial charge in [0.15, 0.2) is 0 Å². The first kappa shape index (κ1) is 14.2. The van der Waals surface area contributed by atoms with Crippen LogP contribution >= 0.6 is 0 Å². The van der Waals surface area contributed by atoms with Crippen LogP contribution in [-0.4, -0.2) is 37.4 Å². The standard InChI is InChI=1S/C14H20F2N2O/c1-10-6-12(17-4-5-19)9-18(8-10)14-7-11(15)2-3-13(14)16/h2-3,7,10,12,17,19H,4-6,8-9H2,1H3. The third-order valence-corrected chi connectivity index (χ3v) is 3.45. The van der Waals surface area contributed by atoms with Gasteiger partial charge in [-0.3, -0.25) is 0 Å². The maximum atomic E-state index is 13.8. The van der Waals surface area contributed by atoms with Gasteiger partial charge in [0.2, 0.25) is 0 Å². The summed E-state index contributed by atoms with van der Waals surface area (Å²) in [5, 5.41) is 12.1. The number of hydrogen-bond acceptors (Lipinski definition) is 3. The number of nitrogens with zero attached hydrogens (tertiary/aromatic N) is 1. The summed E-state index contributed by atoms with van der Waals surface area (Å²) in [6, 6.07) is 3.74. The van der Waals surface area contributed by atoms with E-state index in [1.165, 1.54) is 12.1 Å². The van der Waals surface area contributed by atoms with E-state index in [0.29, 0.717) is 24.7 Å². The highest BCUT2D eigenvalue weighted by molar-refractivity contribution is 5.48. The van der Waals surface area contributed by atoms with Crippen molar-refractivity contribution in [2.75, 3.05) is 31.1 Å². The van der Waals surface area contributed by atoms with Crippen molar-refractivity contribution >= 4 is 5.69 Å². The van der Waals surface area contributed by atoms with Crippen LogP contribution in [0.25, 0.3) is 0 Å². The molecule has 106 valence electrons. The highest BCUT2D eigenvalue weighted by Crippen LogP contribution is 2.26. The second-order valence-electron chi connectivity index (χ2n) is 5.22. The number of piperidine rings is 1. The van der Waals surface area contributed by atoms with Gasteiger partial charge >= 0.3 is 0 Å². The first-order valence-corrected chi connectivity index (χ1v) is 6.64. The molecule has 1 aromatic rings. The summed E-state index contributed by atoms with van der Waals surface area (Å²) in [5.74, 6) is -0.418. The highest BCUT2D eigenvalue weighted by atomic mass is 19.1. The number of halogens is 2. The molecule has 0 spiro atoms. The van der Waals surface area contributed by atoms with Crippen LogP contribution < -0.4 is 10.2 Å². The minimum absolute atomic E-state index is 0.0825. The number of hydrogen-bond donors (Lipinski definition) is 2. The maximum Gasteiger partial charge on any atom is 0.146 e. The molecular formula is C14H20F2N2O. The number of nitrogens with one attached hydrogen (secondary N) is 1. The molecule has 19 heavy (non-hydrogen) atoms. The summed E-state index contributed by atoms with van der Waals surface area (Å²) in [4.78, 5) is 1.88. The average Bonchev–Trinajstić information content (AvgIpc) is 2.38. The number of aliphatic hydroxyl groups excluding tert-OH is 1.